The second-order valence-corrected chi connectivity index (χ2v) is 3.01. The number of hydrogen-bond acceptors (Lipinski definition) is 2. The Morgan fingerprint density at radius 2 is 2.17 bits per heavy atom. The van der Waals surface area contributed by atoms with Crippen molar-refractivity contribution in [3.8, 4) is 0 Å². The highest BCUT2D eigenvalue weighted by atomic mass is 35.5. The molecule has 0 aromatic heterocycles. The fourth-order valence-corrected chi connectivity index (χ4v) is 1.49. The van der Waals surface area contributed by atoms with Gasteiger partial charge in [0, 0.05) is 12.6 Å². The number of carbonyl (C=O) groups excluding carboxylic acids is 1. The Hall–Kier alpha value is -0.440. The number of rotatable bonds is 0. The highest BCUT2D eigenvalue weighted by molar-refractivity contribution is 5.85. The number of methoxy groups -OCH3 is 1. The molecule has 1 fully saturated rings. The molecule has 0 aliphatic carbocycles. The molecule has 1 rings (SSSR count). The van der Waals surface area contributed by atoms with Crippen molar-refractivity contribution in [2.75, 3.05) is 13.7 Å². The highest BCUT2D eigenvalue weighted by Gasteiger charge is 2.23. The minimum absolute atomic E-state index is 0. The van der Waals surface area contributed by atoms with E-state index in [2.05, 4.69) is 11.7 Å². The SMILES string of the molecule is COC(=O)N1CCCCC1C.Cl. The molecule has 0 N–H and O–H groups in total. The van der Waals surface area contributed by atoms with Gasteiger partial charge in [0.05, 0.1) is 7.11 Å². The summed E-state index contributed by atoms with van der Waals surface area (Å²) in [5.41, 5.74) is 0. The van der Waals surface area contributed by atoms with E-state index in [0.29, 0.717) is 6.04 Å². The van der Waals surface area contributed by atoms with Crippen LogP contribution in [0.2, 0.25) is 0 Å². The standard InChI is InChI=1S/C8H15NO2.ClH/c1-7-5-3-4-6-9(7)8(10)11-2;/h7H,3-6H2,1-2H3;1H. The Bertz CT molecular complexity index is 152. The Morgan fingerprint density at radius 1 is 1.50 bits per heavy atom. The van der Waals surface area contributed by atoms with Crippen molar-refractivity contribution in [3.05, 3.63) is 0 Å². The number of nitrogens with zero attached hydrogens (tertiary/aromatic N) is 1. The van der Waals surface area contributed by atoms with Crippen LogP contribution in [0.3, 0.4) is 0 Å². The molecular weight excluding hydrogens is 178 g/mol. The molecule has 1 heterocycles. The predicted molar refractivity (Wildman–Crippen MR) is 49.7 cm³/mol. The van der Waals surface area contributed by atoms with Crippen LogP contribution in [0, 0.1) is 0 Å². The highest BCUT2D eigenvalue weighted by Crippen LogP contribution is 2.16. The normalized spacial score (nSPS) is 22.8. The molecule has 1 amide bonds. The van der Waals surface area contributed by atoms with Gasteiger partial charge in [0.25, 0.3) is 0 Å². The monoisotopic (exact) mass is 193 g/mol. The van der Waals surface area contributed by atoms with E-state index in [-0.39, 0.29) is 18.5 Å². The molecule has 0 bridgehead atoms. The summed E-state index contributed by atoms with van der Waals surface area (Å²) in [6.45, 7) is 2.92. The summed E-state index contributed by atoms with van der Waals surface area (Å²) in [7, 11) is 1.43. The van der Waals surface area contributed by atoms with Crippen LogP contribution in [-0.4, -0.2) is 30.7 Å². The van der Waals surface area contributed by atoms with E-state index in [1.54, 1.807) is 4.90 Å². The number of piperidine rings is 1. The number of likely N-dealkylation sites (tertiary alicyclic amines) is 1. The smallest absolute Gasteiger partial charge is 0.409 e. The molecule has 0 radical (unpaired) electrons. The third kappa shape index (κ3) is 2.55. The Balaban J connectivity index is 0.00000121. The van der Waals surface area contributed by atoms with Gasteiger partial charge in [0.2, 0.25) is 0 Å². The van der Waals surface area contributed by atoms with Crippen molar-refractivity contribution in [2.24, 2.45) is 0 Å². The summed E-state index contributed by atoms with van der Waals surface area (Å²) in [4.78, 5) is 12.9. The molecule has 0 aromatic rings. The van der Waals surface area contributed by atoms with Crippen molar-refractivity contribution in [1.29, 1.82) is 0 Å². The lowest BCUT2D eigenvalue weighted by Crippen LogP contribution is -2.41. The fraction of sp³-hybridized carbons (Fsp3) is 0.875. The molecule has 0 aromatic carbocycles. The second-order valence-electron chi connectivity index (χ2n) is 3.01. The van der Waals surface area contributed by atoms with Gasteiger partial charge in [-0.3, -0.25) is 0 Å². The van der Waals surface area contributed by atoms with E-state index in [1.807, 2.05) is 0 Å². The van der Waals surface area contributed by atoms with E-state index in [9.17, 15) is 4.79 Å². The van der Waals surface area contributed by atoms with Gasteiger partial charge in [-0.1, -0.05) is 0 Å². The summed E-state index contributed by atoms with van der Waals surface area (Å²) < 4.78 is 4.65. The number of carbonyl (C=O) groups is 1. The van der Waals surface area contributed by atoms with E-state index >= 15 is 0 Å². The first-order valence-corrected chi connectivity index (χ1v) is 4.10. The zero-order valence-electron chi connectivity index (χ0n) is 7.58. The van der Waals surface area contributed by atoms with Gasteiger partial charge in [-0.25, -0.2) is 4.79 Å². The van der Waals surface area contributed by atoms with E-state index in [1.165, 1.54) is 13.5 Å². The predicted octanol–water partition coefficient (Wildman–Crippen LogP) is 2.05. The third-order valence-corrected chi connectivity index (χ3v) is 2.21. The molecule has 1 aliphatic heterocycles. The van der Waals surface area contributed by atoms with Gasteiger partial charge >= 0.3 is 6.09 Å². The van der Waals surface area contributed by atoms with E-state index < -0.39 is 0 Å². The van der Waals surface area contributed by atoms with Crippen molar-refractivity contribution >= 4 is 18.5 Å². The molecule has 3 nitrogen and oxygen atoms in total. The second kappa shape index (κ2) is 5.25. The first-order valence-electron chi connectivity index (χ1n) is 4.10. The Labute approximate surface area is 79.5 Å². The van der Waals surface area contributed by atoms with Crippen molar-refractivity contribution in [3.63, 3.8) is 0 Å². The molecule has 1 atom stereocenters. The van der Waals surface area contributed by atoms with Gasteiger partial charge in [-0.15, -0.1) is 12.4 Å². The molecule has 4 heteroatoms. The number of halogens is 1. The van der Waals surface area contributed by atoms with Crippen LogP contribution < -0.4 is 0 Å². The number of hydrogen-bond donors (Lipinski definition) is 0. The molecule has 1 saturated heterocycles. The van der Waals surface area contributed by atoms with Gasteiger partial charge in [0.15, 0.2) is 0 Å². The van der Waals surface area contributed by atoms with Crippen molar-refractivity contribution < 1.29 is 9.53 Å². The number of ether oxygens (including phenoxy) is 1. The van der Waals surface area contributed by atoms with Gasteiger partial charge < -0.3 is 9.64 Å². The van der Waals surface area contributed by atoms with Gasteiger partial charge in [-0.05, 0) is 26.2 Å². The average molecular weight is 194 g/mol. The Morgan fingerprint density at radius 3 is 2.67 bits per heavy atom. The van der Waals surface area contributed by atoms with Crippen LogP contribution in [0.5, 0.6) is 0 Å². The molecule has 0 spiro atoms. The summed E-state index contributed by atoms with van der Waals surface area (Å²) in [5.74, 6) is 0. The van der Waals surface area contributed by atoms with Crippen LogP contribution in [0.25, 0.3) is 0 Å². The maximum Gasteiger partial charge on any atom is 0.409 e. The van der Waals surface area contributed by atoms with Crippen LogP contribution in [0.4, 0.5) is 4.79 Å². The minimum Gasteiger partial charge on any atom is -0.453 e. The lowest BCUT2D eigenvalue weighted by atomic mass is 10.0. The van der Waals surface area contributed by atoms with Crippen LogP contribution in [0.15, 0.2) is 0 Å². The first kappa shape index (κ1) is 11.6. The third-order valence-electron chi connectivity index (χ3n) is 2.21. The minimum atomic E-state index is -0.183. The van der Waals surface area contributed by atoms with Crippen LogP contribution in [-0.2, 0) is 4.74 Å². The van der Waals surface area contributed by atoms with Gasteiger partial charge in [-0.2, -0.15) is 0 Å². The molecule has 12 heavy (non-hydrogen) atoms. The average Bonchev–Trinajstić information content (AvgIpc) is 2.04. The molecule has 0 saturated carbocycles. The van der Waals surface area contributed by atoms with E-state index in [4.69, 9.17) is 0 Å². The van der Waals surface area contributed by atoms with E-state index in [0.717, 1.165) is 19.4 Å². The molecule has 72 valence electrons. The summed E-state index contributed by atoms with van der Waals surface area (Å²) in [6, 6.07) is 0.358. The first-order chi connectivity index (χ1) is 5.25. The molecular formula is C8H16ClNO2. The quantitative estimate of drug-likeness (QED) is 0.590. The summed E-state index contributed by atoms with van der Waals surface area (Å²) in [6.07, 6.45) is 3.26. The largest absolute Gasteiger partial charge is 0.453 e. The lowest BCUT2D eigenvalue weighted by Gasteiger charge is -2.31. The van der Waals surface area contributed by atoms with Crippen LogP contribution in [0.1, 0.15) is 26.2 Å². The topological polar surface area (TPSA) is 29.5 Å². The zero-order valence-corrected chi connectivity index (χ0v) is 8.39. The Kier molecular flexibility index (Phi) is 5.06. The lowest BCUT2D eigenvalue weighted by molar-refractivity contribution is 0.0945. The maximum absolute atomic E-state index is 11.1. The summed E-state index contributed by atoms with van der Waals surface area (Å²) >= 11 is 0. The van der Waals surface area contributed by atoms with Crippen molar-refractivity contribution in [2.45, 2.75) is 32.2 Å². The maximum atomic E-state index is 11.1. The van der Waals surface area contributed by atoms with Crippen molar-refractivity contribution in [1.82, 2.24) is 4.90 Å². The summed E-state index contributed by atoms with van der Waals surface area (Å²) in [5, 5.41) is 0. The zero-order chi connectivity index (χ0) is 8.27. The van der Waals surface area contributed by atoms with Crippen LogP contribution >= 0.6 is 12.4 Å². The molecule has 1 aliphatic rings. The fourth-order valence-electron chi connectivity index (χ4n) is 1.49. The molecule has 1 unspecified atom stereocenters. The number of amides is 1. The van der Waals surface area contributed by atoms with Gasteiger partial charge in [0.1, 0.15) is 0 Å².